The molecule has 0 N–H and O–H groups in total. The molecule has 0 aliphatic rings. The normalized spacial score (nSPS) is 11.2. The number of para-hydroxylation sites is 1. The molecule has 0 aliphatic carbocycles. The zero-order chi connectivity index (χ0) is 20.3. The average molecular weight is 438 g/mol. The number of hydrogen-bond donors (Lipinski definition) is 0. The summed E-state index contributed by atoms with van der Waals surface area (Å²) in [5.74, 6) is 6.04. The number of thiophene rings is 1. The van der Waals surface area contributed by atoms with Crippen molar-refractivity contribution in [3.05, 3.63) is 94.0 Å². The third kappa shape index (κ3) is 4.51. The van der Waals surface area contributed by atoms with E-state index in [1.807, 2.05) is 48.5 Å². The quantitative estimate of drug-likeness (QED) is 0.403. The molecule has 0 aliphatic heterocycles. The van der Waals surface area contributed by atoms with Gasteiger partial charge in [0.2, 0.25) is 0 Å². The van der Waals surface area contributed by atoms with Crippen LogP contribution in [0.4, 0.5) is 0 Å². The summed E-state index contributed by atoms with van der Waals surface area (Å²) in [6.45, 7) is 0. The summed E-state index contributed by atoms with van der Waals surface area (Å²) in [5, 5.41) is 1.57. The predicted molar refractivity (Wildman–Crippen MR) is 119 cm³/mol. The van der Waals surface area contributed by atoms with Gasteiger partial charge in [0.05, 0.1) is 21.2 Å². The van der Waals surface area contributed by atoms with E-state index < -0.39 is 9.84 Å². The van der Waals surface area contributed by atoms with Gasteiger partial charge in [-0.25, -0.2) is 8.42 Å². The Kier molecular flexibility index (Phi) is 5.68. The number of sulfone groups is 1. The Morgan fingerprint density at radius 2 is 1.72 bits per heavy atom. The minimum atomic E-state index is -3.39. The molecule has 0 fully saturated rings. The summed E-state index contributed by atoms with van der Waals surface area (Å²) in [7, 11) is -3.39. The minimum Gasteiger partial charge on any atom is -0.256 e. The molecule has 0 saturated heterocycles. The zero-order valence-electron chi connectivity index (χ0n) is 15.3. The number of nitrogens with zero attached hydrogens (tertiary/aromatic N) is 1. The number of aromatic nitrogens is 1. The Balaban J connectivity index is 1.52. The van der Waals surface area contributed by atoms with Crippen LogP contribution in [0.15, 0.2) is 77.1 Å². The van der Waals surface area contributed by atoms with E-state index >= 15 is 0 Å². The van der Waals surface area contributed by atoms with Crippen molar-refractivity contribution in [1.29, 1.82) is 0 Å². The van der Waals surface area contributed by atoms with Crippen molar-refractivity contribution in [3.8, 4) is 11.8 Å². The lowest BCUT2D eigenvalue weighted by atomic mass is 10.1. The fourth-order valence-electron chi connectivity index (χ4n) is 2.96. The van der Waals surface area contributed by atoms with E-state index in [9.17, 15) is 8.42 Å². The van der Waals surface area contributed by atoms with Crippen LogP contribution < -0.4 is 0 Å². The second-order valence-electron chi connectivity index (χ2n) is 6.40. The third-order valence-electron chi connectivity index (χ3n) is 4.46. The van der Waals surface area contributed by atoms with Gasteiger partial charge >= 0.3 is 0 Å². The van der Waals surface area contributed by atoms with Crippen molar-refractivity contribution >= 4 is 43.7 Å². The summed E-state index contributed by atoms with van der Waals surface area (Å²) in [4.78, 5) is 5.02. The maximum atomic E-state index is 12.8. The van der Waals surface area contributed by atoms with Crippen molar-refractivity contribution in [2.45, 2.75) is 10.6 Å². The lowest BCUT2D eigenvalue weighted by Gasteiger charge is -2.06. The van der Waals surface area contributed by atoms with Crippen molar-refractivity contribution in [3.63, 3.8) is 0 Å². The summed E-state index contributed by atoms with van der Waals surface area (Å²) >= 11 is 7.30. The summed E-state index contributed by atoms with van der Waals surface area (Å²) in [6, 6.07) is 20.3. The molecule has 0 atom stereocenters. The zero-order valence-corrected chi connectivity index (χ0v) is 17.7. The van der Waals surface area contributed by atoms with Gasteiger partial charge in [-0.15, -0.1) is 11.3 Å². The van der Waals surface area contributed by atoms with Gasteiger partial charge in [0, 0.05) is 17.1 Å². The molecular formula is C23H16ClNO2S2. The second-order valence-corrected chi connectivity index (χ2v) is 10.2. The third-order valence-corrected chi connectivity index (χ3v) is 8.09. The summed E-state index contributed by atoms with van der Waals surface area (Å²) in [6.07, 6.45) is 2.15. The molecule has 0 spiro atoms. The first kappa shape index (κ1) is 19.7. The number of fused-ring (bicyclic) bond motifs is 1. The van der Waals surface area contributed by atoms with E-state index in [-0.39, 0.29) is 5.75 Å². The molecule has 2 heterocycles. The molecule has 0 amide bonds. The highest BCUT2D eigenvalue weighted by molar-refractivity contribution is 7.93. The van der Waals surface area contributed by atoms with E-state index in [2.05, 4.69) is 16.8 Å². The summed E-state index contributed by atoms with van der Waals surface area (Å²) < 4.78 is 26.0. The highest BCUT2D eigenvalue weighted by Crippen LogP contribution is 2.24. The number of aryl methyl sites for hydroxylation is 1. The van der Waals surface area contributed by atoms with Crippen molar-refractivity contribution in [2.24, 2.45) is 0 Å². The number of hydrogen-bond acceptors (Lipinski definition) is 4. The van der Waals surface area contributed by atoms with E-state index in [1.54, 1.807) is 24.4 Å². The smallest absolute Gasteiger partial charge is 0.188 e. The van der Waals surface area contributed by atoms with Crippen LogP contribution in [0.2, 0.25) is 5.02 Å². The van der Waals surface area contributed by atoms with Gasteiger partial charge in [0.1, 0.15) is 4.21 Å². The van der Waals surface area contributed by atoms with Gasteiger partial charge in [0.25, 0.3) is 0 Å². The molecule has 2 aromatic carbocycles. The molecule has 0 unspecified atom stereocenters. The van der Waals surface area contributed by atoms with Crippen LogP contribution >= 0.6 is 22.9 Å². The Bertz CT molecular complexity index is 1340. The SMILES string of the molecule is O=S(=O)(CCc1ccnc2ccccc12)c1ccc(C#Cc2ccccc2Cl)s1. The lowest BCUT2D eigenvalue weighted by molar-refractivity contribution is 0.597. The number of pyridine rings is 1. The minimum absolute atomic E-state index is 0.0406. The summed E-state index contributed by atoms with van der Waals surface area (Å²) in [5.41, 5.74) is 2.57. The standard InChI is InChI=1S/C23H16ClNO2S2/c24-21-7-3-1-5-18(21)9-10-19-11-12-23(28-19)29(26,27)16-14-17-13-15-25-22-8-4-2-6-20(17)22/h1-8,11-13,15H,14,16H2. The molecule has 6 heteroatoms. The van der Waals surface area contributed by atoms with Crippen LogP contribution in [-0.2, 0) is 16.3 Å². The largest absolute Gasteiger partial charge is 0.256 e. The monoisotopic (exact) mass is 437 g/mol. The van der Waals surface area contributed by atoms with Gasteiger partial charge in [-0.1, -0.05) is 53.8 Å². The molecule has 4 rings (SSSR count). The van der Waals surface area contributed by atoms with Crippen LogP contribution in [0.3, 0.4) is 0 Å². The lowest BCUT2D eigenvalue weighted by Crippen LogP contribution is -2.08. The number of benzene rings is 2. The van der Waals surface area contributed by atoms with E-state index in [1.165, 1.54) is 11.3 Å². The first-order valence-electron chi connectivity index (χ1n) is 8.95. The number of rotatable bonds is 4. The molecule has 0 radical (unpaired) electrons. The fourth-order valence-corrected chi connectivity index (χ4v) is 5.73. The first-order chi connectivity index (χ1) is 14.0. The highest BCUT2D eigenvalue weighted by atomic mass is 35.5. The fraction of sp³-hybridized carbons (Fsp3) is 0.0870. The topological polar surface area (TPSA) is 47.0 Å². The van der Waals surface area contributed by atoms with Crippen LogP contribution in [0.1, 0.15) is 16.0 Å². The van der Waals surface area contributed by atoms with E-state index in [4.69, 9.17) is 11.6 Å². The maximum absolute atomic E-state index is 12.8. The van der Waals surface area contributed by atoms with E-state index in [0.29, 0.717) is 20.5 Å². The van der Waals surface area contributed by atoms with Gasteiger partial charge < -0.3 is 0 Å². The predicted octanol–water partition coefficient (Wildman–Crippen LogP) is 5.37. The van der Waals surface area contributed by atoms with Gasteiger partial charge in [-0.2, -0.15) is 0 Å². The molecule has 2 aromatic heterocycles. The van der Waals surface area contributed by atoms with Crippen LogP contribution in [-0.4, -0.2) is 19.2 Å². The average Bonchev–Trinajstić information content (AvgIpc) is 3.22. The molecule has 144 valence electrons. The van der Waals surface area contributed by atoms with Crippen molar-refractivity contribution in [1.82, 2.24) is 4.98 Å². The van der Waals surface area contributed by atoms with Gasteiger partial charge in [-0.05, 0) is 48.4 Å². The molecule has 3 nitrogen and oxygen atoms in total. The highest BCUT2D eigenvalue weighted by Gasteiger charge is 2.17. The molecule has 0 bridgehead atoms. The molecule has 0 saturated carbocycles. The Labute approximate surface area is 178 Å². The number of halogens is 1. The van der Waals surface area contributed by atoms with Crippen molar-refractivity contribution in [2.75, 3.05) is 5.75 Å². The van der Waals surface area contributed by atoms with Crippen LogP contribution in [0.5, 0.6) is 0 Å². The van der Waals surface area contributed by atoms with Crippen LogP contribution in [0, 0.1) is 11.8 Å². The molecule has 4 aromatic rings. The van der Waals surface area contributed by atoms with E-state index in [0.717, 1.165) is 22.0 Å². The molecule has 29 heavy (non-hydrogen) atoms. The van der Waals surface area contributed by atoms with Crippen molar-refractivity contribution < 1.29 is 8.42 Å². The Morgan fingerprint density at radius 3 is 2.59 bits per heavy atom. The molecular weight excluding hydrogens is 422 g/mol. The Hall–Kier alpha value is -2.65. The maximum Gasteiger partial charge on any atom is 0.188 e. The van der Waals surface area contributed by atoms with Gasteiger partial charge in [-0.3, -0.25) is 4.98 Å². The first-order valence-corrected chi connectivity index (χ1v) is 11.8. The van der Waals surface area contributed by atoms with Crippen LogP contribution in [0.25, 0.3) is 10.9 Å². The van der Waals surface area contributed by atoms with Gasteiger partial charge in [0.15, 0.2) is 9.84 Å². The second kappa shape index (κ2) is 8.38. The Morgan fingerprint density at radius 1 is 0.931 bits per heavy atom.